The van der Waals surface area contributed by atoms with Crippen LogP contribution in [-0.4, -0.2) is 50.3 Å². The van der Waals surface area contributed by atoms with Crippen molar-refractivity contribution in [3.63, 3.8) is 0 Å². The van der Waals surface area contributed by atoms with Crippen LogP contribution in [0.4, 0.5) is 0 Å². The van der Waals surface area contributed by atoms with Crippen molar-refractivity contribution in [2.24, 2.45) is 11.8 Å². The molecule has 2 aliphatic heterocycles. The summed E-state index contributed by atoms with van der Waals surface area (Å²) in [6, 6.07) is 0.598. The van der Waals surface area contributed by atoms with Gasteiger partial charge in [-0.1, -0.05) is 0 Å². The molecule has 0 spiro atoms. The Morgan fingerprint density at radius 3 is 2.57 bits per heavy atom. The summed E-state index contributed by atoms with van der Waals surface area (Å²) in [5.41, 5.74) is 0. The number of nitrogens with zero attached hydrogens (tertiary/aromatic N) is 1. The van der Waals surface area contributed by atoms with Crippen molar-refractivity contribution in [2.45, 2.75) is 19.9 Å². The zero-order valence-electron chi connectivity index (χ0n) is 9.33. The molecule has 2 rings (SSSR count). The first kappa shape index (κ1) is 10.4. The fourth-order valence-electron chi connectivity index (χ4n) is 2.65. The summed E-state index contributed by atoms with van der Waals surface area (Å²) in [5.74, 6) is 1.80. The second-order valence-electron chi connectivity index (χ2n) is 4.64. The summed E-state index contributed by atoms with van der Waals surface area (Å²) in [6.45, 7) is 11.1. The van der Waals surface area contributed by atoms with E-state index in [1.54, 1.807) is 0 Å². The fraction of sp³-hybridized carbons (Fsp3) is 1.00. The topological polar surface area (TPSA) is 24.5 Å². The highest BCUT2D eigenvalue weighted by molar-refractivity contribution is 4.92. The summed E-state index contributed by atoms with van der Waals surface area (Å²) in [7, 11) is 0. The molecule has 2 saturated heterocycles. The minimum atomic E-state index is 0.598. The van der Waals surface area contributed by atoms with Crippen molar-refractivity contribution >= 4 is 0 Å². The number of nitrogens with one attached hydrogen (secondary N) is 1. The molecule has 0 aromatic heterocycles. The molecule has 2 aliphatic rings. The molecule has 3 atom stereocenters. The van der Waals surface area contributed by atoms with Crippen LogP contribution in [0.25, 0.3) is 0 Å². The molecule has 1 unspecified atom stereocenters. The van der Waals surface area contributed by atoms with E-state index in [1.807, 2.05) is 0 Å². The number of likely N-dealkylation sites (tertiary alicyclic amines) is 1. The molecular formula is C11H22N2O. The summed E-state index contributed by atoms with van der Waals surface area (Å²) in [6.07, 6.45) is 0. The van der Waals surface area contributed by atoms with Crippen LogP contribution in [0.15, 0.2) is 0 Å². The molecular weight excluding hydrogens is 176 g/mol. The lowest BCUT2D eigenvalue weighted by Crippen LogP contribution is -2.36. The van der Waals surface area contributed by atoms with Gasteiger partial charge in [0, 0.05) is 25.7 Å². The zero-order chi connectivity index (χ0) is 9.97. The SMILES string of the molecule is CCOCC(C)N1C[C@H]2CNC[C@H]2C1. The first-order valence-electron chi connectivity index (χ1n) is 5.83. The van der Waals surface area contributed by atoms with Crippen molar-refractivity contribution in [1.29, 1.82) is 0 Å². The summed E-state index contributed by atoms with van der Waals surface area (Å²) < 4.78 is 5.47. The standard InChI is InChI=1S/C11H22N2O/c1-3-14-8-9(2)13-6-10-4-12-5-11(10)7-13/h9-12H,3-8H2,1-2H3/t9?,10-,11+. The highest BCUT2D eigenvalue weighted by atomic mass is 16.5. The van der Waals surface area contributed by atoms with Crippen LogP contribution in [0, 0.1) is 11.8 Å². The molecule has 3 heteroatoms. The van der Waals surface area contributed by atoms with Gasteiger partial charge in [-0.3, -0.25) is 4.90 Å². The molecule has 82 valence electrons. The van der Waals surface area contributed by atoms with Gasteiger partial charge in [0.05, 0.1) is 6.61 Å². The van der Waals surface area contributed by atoms with Gasteiger partial charge in [0.25, 0.3) is 0 Å². The molecule has 2 fully saturated rings. The Bertz CT molecular complexity index is 174. The molecule has 14 heavy (non-hydrogen) atoms. The lowest BCUT2D eigenvalue weighted by Gasteiger charge is -2.24. The van der Waals surface area contributed by atoms with Crippen molar-refractivity contribution in [1.82, 2.24) is 10.2 Å². The molecule has 0 aromatic carbocycles. The van der Waals surface area contributed by atoms with Gasteiger partial charge in [-0.15, -0.1) is 0 Å². The fourth-order valence-corrected chi connectivity index (χ4v) is 2.65. The van der Waals surface area contributed by atoms with Crippen LogP contribution in [0.2, 0.25) is 0 Å². The molecule has 0 saturated carbocycles. The van der Waals surface area contributed by atoms with Gasteiger partial charge in [0.15, 0.2) is 0 Å². The molecule has 0 bridgehead atoms. The Morgan fingerprint density at radius 2 is 2.00 bits per heavy atom. The normalized spacial score (nSPS) is 34.7. The van der Waals surface area contributed by atoms with Crippen molar-refractivity contribution < 1.29 is 4.74 Å². The van der Waals surface area contributed by atoms with Crippen LogP contribution < -0.4 is 5.32 Å². The van der Waals surface area contributed by atoms with Crippen molar-refractivity contribution in [2.75, 3.05) is 39.4 Å². The van der Waals surface area contributed by atoms with Gasteiger partial charge in [0.1, 0.15) is 0 Å². The van der Waals surface area contributed by atoms with Gasteiger partial charge >= 0.3 is 0 Å². The van der Waals surface area contributed by atoms with Crippen molar-refractivity contribution in [3.05, 3.63) is 0 Å². The Labute approximate surface area is 86.8 Å². The van der Waals surface area contributed by atoms with Crippen molar-refractivity contribution in [3.8, 4) is 0 Å². The predicted octanol–water partition coefficient (Wildman–Crippen LogP) is 0.563. The van der Waals surface area contributed by atoms with Crippen LogP contribution in [0.3, 0.4) is 0 Å². The second-order valence-corrected chi connectivity index (χ2v) is 4.64. The Balaban J connectivity index is 1.77. The van der Waals surface area contributed by atoms with Crippen LogP contribution in [0.1, 0.15) is 13.8 Å². The Kier molecular flexibility index (Phi) is 3.42. The van der Waals surface area contributed by atoms with Crippen LogP contribution >= 0.6 is 0 Å². The van der Waals surface area contributed by atoms with E-state index in [2.05, 4.69) is 24.1 Å². The third kappa shape index (κ3) is 2.10. The van der Waals surface area contributed by atoms with E-state index in [1.165, 1.54) is 26.2 Å². The van der Waals surface area contributed by atoms with E-state index in [0.29, 0.717) is 6.04 Å². The predicted molar refractivity (Wildman–Crippen MR) is 57.4 cm³/mol. The minimum Gasteiger partial charge on any atom is -0.380 e. The van der Waals surface area contributed by atoms with Crippen LogP contribution in [0.5, 0.6) is 0 Å². The molecule has 0 amide bonds. The van der Waals surface area contributed by atoms with E-state index >= 15 is 0 Å². The Morgan fingerprint density at radius 1 is 1.36 bits per heavy atom. The molecule has 0 aromatic rings. The van der Waals surface area contributed by atoms with Crippen LogP contribution in [-0.2, 0) is 4.74 Å². The third-order valence-electron chi connectivity index (χ3n) is 3.60. The summed E-state index contributed by atoms with van der Waals surface area (Å²) in [5, 5.41) is 3.47. The molecule has 0 aliphatic carbocycles. The van der Waals surface area contributed by atoms with Gasteiger partial charge < -0.3 is 10.1 Å². The summed E-state index contributed by atoms with van der Waals surface area (Å²) >= 11 is 0. The highest BCUT2D eigenvalue weighted by Gasteiger charge is 2.37. The number of fused-ring (bicyclic) bond motifs is 1. The maximum Gasteiger partial charge on any atom is 0.0618 e. The van der Waals surface area contributed by atoms with E-state index in [0.717, 1.165) is 25.0 Å². The molecule has 3 nitrogen and oxygen atoms in total. The number of ether oxygens (including phenoxy) is 1. The molecule has 1 N–H and O–H groups in total. The number of hydrogen-bond donors (Lipinski definition) is 1. The zero-order valence-corrected chi connectivity index (χ0v) is 9.33. The molecule has 2 heterocycles. The Hall–Kier alpha value is -0.120. The minimum absolute atomic E-state index is 0.598. The average molecular weight is 198 g/mol. The lowest BCUT2D eigenvalue weighted by molar-refractivity contribution is 0.0812. The lowest BCUT2D eigenvalue weighted by atomic mass is 10.0. The quantitative estimate of drug-likeness (QED) is 0.714. The van der Waals surface area contributed by atoms with E-state index in [9.17, 15) is 0 Å². The van der Waals surface area contributed by atoms with Gasteiger partial charge in [-0.05, 0) is 38.8 Å². The maximum atomic E-state index is 5.47. The number of hydrogen-bond acceptors (Lipinski definition) is 3. The largest absolute Gasteiger partial charge is 0.380 e. The summed E-state index contributed by atoms with van der Waals surface area (Å²) in [4.78, 5) is 2.59. The van der Waals surface area contributed by atoms with E-state index < -0.39 is 0 Å². The van der Waals surface area contributed by atoms with E-state index in [-0.39, 0.29) is 0 Å². The van der Waals surface area contributed by atoms with Gasteiger partial charge in [0.2, 0.25) is 0 Å². The molecule has 0 radical (unpaired) electrons. The first-order chi connectivity index (χ1) is 6.81. The smallest absolute Gasteiger partial charge is 0.0618 e. The maximum absolute atomic E-state index is 5.47. The highest BCUT2D eigenvalue weighted by Crippen LogP contribution is 2.27. The monoisotopic (exact) mass is 198 g/mol. The van der Waals surface area contributed by atoms with Gasteiger partial charge in [-0.25, -0.2) is 0 Å². The third-order valence-corrected chi connectivity index (χ3v) is 3.60. The number of rotatable bonds is 4. The first-order valence-corrected chi connectivity index (χ1v) is 5.83. The second kappa shape index (κ2) is 4.60. The van der Waals surface area contributed by atoms with E-state index in [4.69, 9.17) is 4.74 Å². The van der Waals surface area contributed by atoms with Gasteiger partial charge in [-0.2, -0.15) is 0 Å². The average Bonchev–Trinajstić information content (AvgIpc) is 2.72.